The van der Waals surface area contributed by atoms with E-state index in [0.717, 1.165) is 33.2 Å². The van der Waals surface area contributed by atoms with Crippen LogP contribution in [0.25, 0.3) is 33.1 Å². The number of benzene rings is 1. The molecule has 0 radical (unpaired) electrons. The molecule has 6 rings (SSSR count). The van der Waals surface area contributed by atoms with Gasteiger partial charge in [-0.15, -0.1) is 0 Å². The second-order valence-corrected chi connectivity index (χ2v) is 8.30. The lowest BCUT2D eigenvalue weighted by molar-refractivity contribution is -0.149. The maximum absolute atomic E-state index is 13.3. The van der Waals surface area contributed by atoms with Gasteiger partial charge in [0, 0.05) is 5.52 Å². The summed E-state index contributed by atoms with van der Waals surface area (Å²) < 4.78 is 6.92. The molecule has 4 heterocycles. The van der Waals surface area contributed by atoms with Crippen molar-refractivity contribution in [1.82, 2.24) is 9.55 Å². The third-order valence-electron chi connectivity index (χ3n) is 6.60. The van der Waals surface area contributed by atoms with E-state index in [9.17, 15) is 14.7 Å². The number of pyridine rings is 2. The number of cyclic esters (lactones) is 1. The molecule has 6 nitrogen and oxygen atoms in total. The third-order valence-corrected chi connectivity index (χ3v) is 6.60. The molecule has 6 heteroatoms. The number of H-pyrrole nitrogens is 1. The topological polar surface area (TPSA) is 84.3 Å². The van der Waals surface area contributed by atoms with E-state index < -0.39 is 11.6 Å². The first-order valence-electron chi connectivity index (χ1n) is 10.2. The monoisotopic (exact) mass is 400 g/mol. The average Bonchev–Trinajstić information content (AvgIpc) is 3.29. The number of hydrogen-bond acceptors (Lipinski definition) is 4. The number of nitrogens with one attached hydrogen (secondary N) is 1. The fourth-order valence-corrected chi connectivity index (χ4v) is 4.88. The summed E-state index contributed by atoms with van der Waals surface area (Å²) in [6.07, 6.45) is 0.171. The number of hydrogen-bond donors (Lipinski definition) is 2. The van der Waals surface area contributed by atoms with Crippen molar-refractivity contribution in [3.8, 4) is 11.4 Å². The number of nitrogens with zero attached hydrogens (tertiary/aromatic N) is 1. The molecule has 2 aromatic carbocycles. The fourth-order valence-electron chi connectivity index (χ4n) is 4.88. The van der Waals surface area contributed by atoms with Gasteiger partial charge in [-0.05, 0) is 58.0 Å². The molecule has 0 fully saturated rings. The molecular weight excluding hydrogens is 380 g/mol. The molecule has 0 bridgehead atoms. The fraction of sp³-hybridized carbons (Fsp3) is 0.250. The van der Waals surface area contributed by atoms with E-state index in [2.05, 4.69) is 35.3 Å². The number of carbonyl (C=O) groups is 1. The molecule has 150 valence electrons. The zero-order valence-corrected chi connectivity index (χ0v) is 16.5. The highest BCUT2D eigenvalue weighted by Gasteiger charge is 2.39. The second kappa shape index (κ2) is 5.83. The van der Waals surface area contributed by atoms with Gasteiger partial charge in [-0.2, -0.15) is 0 Å². The van der Waals surface area contributed by atoms with Crippen LogP contribution in [0, 0.1) is 0 Å². The molecule has 0 amide bonds. The summed E-state index contributed by atoms with van der Waals surface area (Å²) >= 11 is 0. The molecule has 30 heavy (non-hydrogen) atoms. The van der Waals surface area contributed by atoms with Crippen LogP contribution in [0.3, 0.4) is 0 Å². The Balaban J connectivity index is 1.62. The number of rotatable bonds is 1. The SMILES string of the molecule is CCC1(O)CC(=O)OCc2c1cc1n(c2=O)Cc2cc3cc4cccc4cc3[nH]c2-1. The van der Waals surface area contributed by atoms with Crippen molar-refractivity contribution in [2.45, 2.75) is 38.5 Å². The highest BCUT2D eigenvalue weighted by Crippen LogP contribution is 2.39. The molecule has 0 saturated heterocycles. The Morgan fingerprint density at radius 1 is 1.13 bits per heavy atom. The van der Waals surface area contributed by atoms with Crippen LogP contribution in [0.5, 0.6) is 0 Å². The molecule has 4 aromatic rings. The zero-order valence-electron chi connectivity index (χ0n) is 16.5. The molecular formula is C24H20N2O4. The van der Waals surface area contributed by atoms with Gasteiger partial charge in [0.05, 0.1) is 29.9 Å². The Morgan fingerprint density at radius 2 is 1.93 bits per heavy atom. The lowest BCUT2D eigenvalue weighted by atomic mass is 9.85. The number of carbonyl (C=O) groups excluding carboxylic acids is 1. The van der Waals surface area contributed by atoms with Crippen LogP contribution in [-0.4, -0.2) is 20.6 Å². The molecule has 2 aromatic heterocycles. The lowest BCUT2D eigenvalue weighted by Crippen LogP contribution is -2.32. The highest BCUT2D eigenvalue weighted by atomic mass is 16.5. The van der Waals surface area contributed by atoms with Gasteiger partial charge >= 0.3 is 5.97 Å². The average molecular weight is 400 g/mol. The summed E-state index contributed by atoms with van der Waals surface area (Å²) in [5, 5.41) is 14.6. The molecule has 2 aliphatic rings. The van der Waals surface area contributed by atoms with Crippen LogP contribution < -0.4 is 5.56 Å². The number of aliphatic hydroxyl groups is 1. The van der Waals surface area contributed by atoms with Crippen LogP contribution >= 0.6 is 0 Å². The highest BCUT2D eigenvalue weighted by molar-refractivity contribution is 5.98. The van der Waals surface area contributed by atoms with E-state index in [1.54, 1.807) is 4.57 Å². The predicted molar refractivity (Wildman–Crippen MR) is 113 cm³/mol. The van der Waals surface area contributed by atoms with E-state index in [-0.39, 0.29) is 18.6 Å². The van der Waals surface area contributed by atoms with Crippen molar-refractivity contribution in [2.75, 3.05) is 0 Å². The number of aromatic amines is 1. The van der Waals surface area contributed by atoms with Gasteiger partial charge in [0.2, 0.25) is 0 Å². The summed E-state index contributed by atoms with van der Waals surface area (Å²) in [6.45, 7) is 2.15. The number of ether oxygens (including phenoxy) is 1. The molecule has 0 spiro atoms. The van der Waals surface area contributed by atoms with Gasteiger partial charge in [0.1, 0.15) is 12.2 Å². The van der Waals surface area contributed by atoms with Crippen molar-refractivity contribution < 1.29 is 14.6 Å². The Labute approximate surface area is 171 Å². The summed E-state index contributed by atoms with van der Waals surface area (Å²) in [7, 11) is 0. The van der Waals surface area contributed by atoms with Crippen molar-refractivity contribution in [3.63, 3.8) is 0 Å². The van der Waals surface area contributed by atoms with Crippen LogP contribution in [0.1, 0.15) is 36.5 Å². The van der Waals surface area contributed by atoms with Crippen molar-refractivity contribution in [3.05, 3.63) is 69.5 Å². The van der Waals surface area contributed by atoms with Gasteiger partial charge in [0.15, 0.2) is 0 Å². The lowest BCUT2D eigenvalue weighted by Gasteiger charge is -2.26. The molecule has 2 N–H and O–H groups in total. The number of esters is 1. The van der Waals surface area contributed by atoms with E-state index in [0.29, 0.717) is 24.1 Å². The van der Waals surface area contributed by atoms with Gasteiger partial charge < -0.3 is 19.4 Å². The van der Waals surface area contributed by atoms with E-state index in [4.69, 9.17) is 4.74 Å². The third kappa shape index (κ3) is 2.28. The minimum atomic E-state index is -1.40. The summed E-state index contributed by atoms with van der Waals surface area (Å²) in [4.78, 5) is 28.9. The predicted octanol–water partition coefficient (Wildman–Crippen LogP) is 3.56. The normalized spacial score (nSPS) is 20.0. The molecule has 2 aliphatic heterocycles. The Hall–Kier alpha value is -3.38. The van der Waals surface area contributed by atoms with Crippen LogP contribution in [0.4, 0.5) is 0 Å². The maximum atomic E-state index is 13.3. The molecule has 1 unspecified atom stereocenters. The number of fused-ring (bicyclic) bond motifs is 6. The van der Waals surface area contributed by atoms with Gasteiger partial charge in [-0.3, -0.25) is 9.59 Å². The van der Waals surface area contributed by atoms with E-state index in [1.165, 1.54) is 5.39 Å². The largest absolute Gasteiger partial charge is 0.460 e. The summed E-state index contributed by atoms with van der Waals surface area (Å²) in [5.41, 5.74) is 2.89. The first-order chi connectivity index (χ1) is 14.5. The Kier molecular flexibility index (Phi) is 3.40. The molecule has 0 aliphatic carbocycles. The Morgan fingerprint density at radius 3 is 2.73 bits per heavy atom. The van der Waals surface area contributed by atoms with E-state index in [1.807, 2.05) is 19.1 Å². The summed E-state index contributed by atoms with van der Waals surface area (Å²) in [6, 6.07) is 14.4. The van der Waals surface area contributed by atoms with Crippen LogP contribution in [0.15, 0.2) is 47.3 Å². The molecule has 0 saturated carbocycles. The van der Waals surface area contributed by atoms with Crippen molar-refractivity contribution >= 4 is 27.6 Å². The standard InChI is InChI=1S/C24H20N2O4/c1-2-24(29)10-21(27)30-12-17-18(24)9-20-22-16(11-26(20)23(17)28)7-15-6-13-4-3-5-14(13)8-19(15)25-22/h3-9,25,29H,2,10-12H2,1H3. The quantitative estimate of drug-likeness (QED) is 0.422. The first kappa shape index (κ1) is 17.5. The maximum Gasteiger partial charge on any atom is 0.309 e. The van der Waals surface area contributed by atoms with Crippen molar-refractivity contribution in [2.24, 2.45) is 0 Å². The number of aromatic nitrogens is 2. The molecule has 1 atom stereocenters. The van der Waals surface area contributed by atoms with Crippen LogP contribution in [-0.2, 0) is 28.3 Å². The van der Waals surface area contributed by atoms with Crippen molar-refractivity contribution in [1.29, 1.82) is 0 Å². The van der Waals surface area contributed by atoms with Gasteiger partial charge in [-0.25, -0.2) is 0 Å². The van der Waals surface area contributed by atoms with Gasteiger partial charge in [-0.1, -0.05) is 25.1 Å². The van der Waals surface area contributed by atoms with Crippen LogP contribution in [0.2, 0.25) is 0 Å². The van der Waals surface area contributed by atoms with E-state index >= 15 is 0 Å². The van der Waals surface area contributed by atoms with Gasteiger partial charge in [0.25, 0.3) is 5.56 Å². The summed E-state index contributed by atoms with van der Waals surface area (Å²) in [5.74, 6) is -0.489. The Bertz CT molecular complexity index is 1450. The zero-order chi connectivity index (χ0) is 20.6. The first-order valence-corrected chi connectivity index (χ1v) is 10.2. The minimum Gasteiger partial charge on any atom is -0.460 e. The minimum absolute atomic E-state index is 0.105. The smallest absolute Gasteiger partial charge is 0.309 e. The second-order valence-electron chi connectivity index (χ2n) is 8.30.